The van der Waals surface area contributed by atoms with Crippen LogP contribution in [0.15, 0.2) is 42.6 Å². The highest BCUT2D eigenvalue weighted by Crippen LogP contribution is 2.41. The van der Waals surface area contributed by atoms with E-state index >= 15 is 0 Å². The first-order valence-corrected chi connectivity index (χ1v) is 10.1. The second-order valence-electron chi connectivity index (χ2n) is 7.99. The summed E-state index contributed by atoms with van der Waals surface area (Å²) in [5.41, 5.74) is 1.70. The van der Waals surface area contributed by atoms with Crippen LogP contribution in [-0.2, 0) is 6.42 Å². The Hall–Kier alpha value is -1.91. The summed E-state index contributed by atoms with van der Waals surface area (Å²) in [7, 11) is 0. The maximum Gasteiger partial charge on any atom is 0.169 e. The van der Waals surface area contributed by atoms with E-state index < -0.39 is 0 Å². The Bertz CT molecular complexity index is 818. The van der Waals surface area contributed by atoms with Gasteiger partial charge in [-0.25, -0.2) is 4.98 Å². The lowest BCUT2D eigenvalue weighted by molar-refractivity contribution is 0.0821. The number of carbonyl (C=O) groups is 1. The number of halogens is 1. The van der Waals surface area contributed by atoms with E-state index in [9.17, 15) is 4.79 Å². The first kappa shape index (κ1) is 18.5. The van der Waals surface area contributed by atoms with E-state index in [-0.39, 0.29) is 11.2 Å². The maximum absolute atomic E-state index is 12.8. The van der Waals surface area contributed by atoms with Gasteiger partial charge in [0.25, 0.3) is 0 Å². The van der Waals surface area contributed by atoms with Crippen molar-refractivity contribution < 1.29 is 4.79 Å². The number of carbonyl (C=O) groups excluding carboxylic acids is 1. The van der Waals surface area contributed by atoms with Crippen molar-refractivity contribution in [2.45, 2.75) is 26.2 Å². The Morgan fingerprint density at radius 1 is 1.15 bits per heavy atom. The second kappa shape index (κ2) is 7.61. The third kappa shape index (κ3) is 3.87. The average molecular weight is 384 g/mol. The minimum Gasteiger partial charge on any atom is -0.354 e. The van der Waals surface area contributed by atoms with Crippen LogP contribution in [0.4, 0.5) is 5.82 Å². The lowest BCUT2D eigenvalue weighted by Gasteiger charge is -2.35. The molecular formula is C22H26ClN3O. The van der Waals surface area contributed by atoms with Gasteiger partial charge >= 0.3 is 0 Å². The minimum absolute atomic E-state index is 0.275. The molecule has 2 heterocycles. The molecule has 0 bridgehead atoms. The third-order valence-electron chi connectivity index (χ3n) is 5.99. The molecule has 1 aliphatic heterocycles. The normalized spacial score (nSPS) is 22.9. The summed E-state index contributed by atoms with van der Waals surface area (Å²) in [4.78, 5) is 22.1. The highest BCUT2D eigenvalue weighted by molar-refractivity contribution is 6.30. The van der Waals surface area contributed by atoms with Crippen LogP contribution in [0.5, 0.6) is 0 Å². The van der Waals surface area contributed by atoms with Gasteiger partial charge in [0.15, 0.2) is 5.78 Å². The number of benzene rings is 1. The molecule has 0 spiro atoms. The highest BCUT2D eigenvalue weighted by atomic mass is 35.5. The summed E-state index contributed by atoms with van der Waals surface area (Å²) in [6, 6.07) is 11.7. The molecule has 1 aromatic carbocycles. The fraction of sp³-hybridized carbons (Fsp3) is 0.455. The van der Waals surface area contributed by atoms with E-state index in [2.05, 4.69) is 27.8 Å². The maximum atomic E-state index is 12.8. The topological polar surface area (TPSA) is 36.4 Å². The number of pyridine rings is 1. The molecule has 1 fully saturated rings. The van der Waals surface area contributed by atoms with Crippen LogP contribution in [-0.4, -0.2) is 48.4 Å². The van der Waals surface area contributed by atoms with Gasteiger partial charge in [0.2, 0.25) is 0 Å². The van der Waals surface area contributed by atoms with Gasteiger partial charge in [-0.1, -0.05) is 24.6 Å². The third-order valence-corrected chi connectivity index (χ3v) is 6.22. The first-order chi connectivity index (χ1) is 13.0. The number of aromatic nitrogens is 1. The number of ketones is 1. The van der Waals surface area contributed by atoms with Crippen LogP contribution in [0.1, 0.15) is 35.7 Å². The summed E-state index contributed by atoms with van der Waals surface area (Å²) < 4.78 is 0. The predicted molar refractivity (Wildman–Crippen MR) is 110 cm³/mol. The lowest BCUT2D eigenvalue weighted by Crippen LogP contribution is -2.47. The van der Waals surface area contributed by atoms with E-state index in [1.807, 2.05) is 36.5 Å². The Morgan fingerprint density at radius 3 is 2.70 bits per heavy atom. The number of nitrogens with zero attached hydrogens (tertiary/aromatic N) is 3. The van der Waals surface area contributed by atoms with Gasteiger partial charge in [0, 0.05) is 48.4 Å². The number of hydrogen-bond acceptors (Lipinski definition) is 4. The Morgan fingerprint density at radius 2 is 1.96 bits per heavy atom. The van der Waals surface area contributed by atoms with Gasteiger partial charge < -0.3 is 4.90 Å². The van der Waals surface area contributed by atoms with Gasteiger partial charge in [-0.3, -0.25) is 9.69 Å². The predicted octanol–water partition coefficient (Wildman–Crippen LogP) is 4.08. The number of fused-ring (bicyclic) bond motifs is 1. The molecule has 1 aromatic heterocycles. The van der Waals surface area contributed by atoms with E-state index in [4.69, 9.17) is 11.6 Å². The van der Waals surface area contributed by atoms with E-state index in [0.29, 0.717) is 0 Å². The molecule has 0 radical (unpaired) electrons. The quantitative estimate of drug-likeness (QED) is 0.779. The largest absolute Gasteiger partial charge is 0.354 e. The zero-order chi connectivity index (χ0) is 18.9. The molecule has 4 rings (SSSR count). The van der Waals surface area contributed by atoms with Gasteiger partial charge in [0.1, 0.15) is 5.82 Å². The molecule has 0 saturated carbocycles. The molecule has 1 atom stereocenters. The zero-order valence-corrected chi connectivity index (χ0v) is 16.6. The highest BCUT2D eigenvalue weighted by Gasteiger charge is 2.41. The number of Topliss-reactive ketones (excluding diaryl/α,β-unsaturated/α-hetero) is 1. The molecule has 27 heavy (non-hydrogen) atoms. The Balaban J connectivity index is 1.27. The van der Waals surface area contributed by atoms with Crippen LogP contribution in [0.25, 0.3) is 0 Å². The SMILES string of the molecule is CC1(CCCN2CCN(c3ccccn3)CC2)Cc2cc(Cl)ccc2C1=O. The van der Waals surface area contributed by atoms with Crippen molar-refractivity contribution in [2.24, 2.45) is 5.41 Å². The molecule has 0 amide bonds. The van der Waals surface area contributed by atoms with E-state index in [0.717, 1.165) is 74.0 Å². The van der Waals surface area contributed by atoms with Gasteiger partial charge in [-0.2, -0.15) is 0 Å². The van der Waals surface area contributed by atoms with Gasteiger partial charge in [0.05, 0.1) is 0 Å². The summed E-state index contributed by atoms with van der Waals surface area (Å²) >= 11 is 6.10. The fourth-order valence-electron chi connectivity index (χ4n) is 4.39. The summed E-state index contributed by atoms with van der Waals surface area (Å²) in [6.07, 6.45) is 4.65. The van der Waals surface area contributed by atoms with Crippen LogP contribution in [0.3, 0.4) is 0 Å². The monoisotopic (exact) mass is 383 g/mol. The summed E-state index contributed by atoms with van der Waals surface area (Å²) in [5.74, 6) is 1.35. The van der Waals surface area contributed by atoms with Crippen molar-refractivity contribution >= 4 is 23.2 Å². The van der Waals surface area contributed by atoms with Crippen molar-refractivity contribution in [3.63, 3.8) is 0 Å². The summed E-state index contributed by atoms with van der Waals surface area (Å²) in [6.45, 7) is 7.29. The van der Waals surface area contributed by atoms with Crippen LogP contribution in [0.2, 0.25) is 5.02 Å². The molecule has 1 saturated heterocycles. The fourth-order valence-corrected chi connectivity index (χ4v) is 4.59. The molecule has 1 aliphatic carbocycles. The number of anilines is 1. The van der Waals surface area contributed by atoms with E-state index in [1.165, 1.54) is 0 Å². The van der Waals surface area contributed by atoms with Crippen LogP contribution < -0.4 is 4.90 Å². The van der Waals surface area contributed by atoms with Crippen molar-refractivity contribution in [3.8, 4) is 0 Å². The van der Waals surface area contributed by atoms with Crippen molar-refractivity contribution in [3.05, 3.63) is 58.7 Å². The molecule has 4 nitrogen and oxygen atoms in total. The zero-order valence-electron chi connectivity index (χ0n) is 15.8. The Labute approximate surface area is 166 Å². The Kier molecular flexibility index (Phi) is 5.20. The van der Waals surface area contributed by atoms with Gasteiger partial charge in [-0.05, 0) is 61.7 Å². The van der Waals surface area contributed by atoms with Crippen LogP contribution in [0, 0.1) is 5.41 Å². The van der Waals surface area contributed by atoms with Crippen molar-refractivity contribution in [1.29, 1.82) is 0 Å². The average Bonchev–Trinajstić information content (AvgIpc) is 2.93. The standard InChI is InChI=1S/C22H26ClN3O/c1-22(16-17-15-18(23)6-7-19(17)21(22)27)8-4-10-25-11-13-26(14-12-25)20-5-2-3-9-24-20/h2-3,5-7,9,15H,4,8,10-14,16H2,1H3. The van der Waals surface area contributed by atoms with Crippen molar-refractivity contribution in [1.82, 2.24) is 9.88 Å². The van der Waals surface area contributed by atoms with E-state index in [1.54, 1.807) is 0 Å². The number of rotatable bonds is 5. The molecule has 2 aromatic rings. The molecule has 2 aliphatic rings. The molecular weight excluding hydrogens is 358 g/mol. The number of hydrogen-bond donors (Lipinski definition) is 0. The minimum atomic E-state index is -0.275. The lowest BCUT2D eigenvalue weighted by atomic mass is 9.81. The molecule has 5 heteroatoms. The molecule has 0 N–H and O–H groups in total. The van der Waals surface area contributed by atoms with Crippen molar-refractivity contribution in [2.75, 3.05) is 37.6 Å². The van der Waals surface area contributed by atoms with Gasteiger partial charge in [-0.15, -0.1) is 0 Å². The second-order valence-corrected chi connectivity index (χ2v) is 8.42. The molecule has 142 valence electrons. The smallest absolute Gasteiger partial charge is 0.169 e. The van der Waals surface area contributed by atoms with Crippen LogP contribution >= 0.6 is 11.6 Å². The number of piperazine rings is 1. The summed E-state index contributed by atoms with van der Waals surface area (Å²) in [5, 5.41) is 0.719. The molecule has 1 unspecified atom stereocenters. The first-order valence-electron chi connectivity index (χ1n) is 9.77.